The largest absolute Gasteiger partial charge is 0.383 e. The average molecular weight is 380 g/mol. The first-order valence-electron chi connectivity index (χ1n) is 8.29. The Morgan fingerprint density at radius 2 is 1.96 bits per heavy atom. The first-order chi connectivity index (χ1) is 12.3. The third-order valence-corrected chi connectivity index (χ3v) is 4.03. The van der Waals surface area contributed by atoms with Crippen LogP contribution in [0, 0.1) is 23.0 Å². The molecule has 2 N–H and O–H groups in total. The molecule has 0 fully saturated rings. The number of nitrogens with one attached hydrogen (secondary N) is 2. The van der Waals surface area contributed by atoms with E-state index in [2.05, 4.69) is 29.6 Å². The molecule has 1 aromatic heterocycles. The fourth-order valence-electron chi connectivity index (χ4n) is 2.45. The quantitative estimate of drug-likeness (QED) is 0.416. The van der Waals surface area contributed by atoms with Gasteiger partial charge in [0.05, 0.1) is 16.2 Å². The Kier molecular flexibility index (Phi) is 6.57. The first-order valence-corrected chi connectivity index (χ1v) is 8.66. The molecule has 0 saturated carbocycles. The monoisotopic (exact) mass is 379 g/mol. The van der Waals surface area contributed by atoms with Crippen LogP contribution >= 0.6 is 11.6 Å². The number of nitro benzene ring substituents is 1. The smallest absolute Gasteiger partial charge is 0.269 e. The van der Waals surface area contributed by atoms with Gasteiger partial charge in [0.25, 0.3) is 11.6 Å². The molecule has 0 bridgehead atoms. The van der Waals surface area contributed by atoms with Crippen LogP contribution in [0.1, 0.15) is 29.9 Å². The minimum Gasteiger partial charge on any atom is -0.383 e. The molecule has 0 spiro atoms. The number of anilines is 1. The molecule has 2 rings (SSSR count). The molecule has 140 valence electrons. The van der Waals surface area contributed by atoms with E-state index in [0.29, 0.717) is 42.0 Å². The minimum atomic E-state index is -0.449. The van der Waals surface area contributed by atoms with Gasteiger partial charge in [0, 0.05) is 37.5 Å². The highest BCUT2D eigenvalue weighted by Gasteiger charge is 2.20. The fraction of sp³-hybridized carbons (Fsp3) is 0.412. The van der Waals surface area contributed by atoms with Crippen molar-refractivity contribution in [3.05, 3.63) is 50.8 Å². The summed E-state index contributed by atoms with van der Waals surface area (Å²) in [5.41, 5.74) is 1.76. The molecule has 0 radical (unpaired) electrons. The lowest BCUT2D eigenvalue weighted by atomic mass is 10.2. The number of benzene rings is 1. The number of carbonyl (C=O) groups is 1. The molecule has 1 heterocycles. The van der Waals surface area contributed by atoms with Crippen molar-refractivity contribution < 1.29 is 9.72 Å². The highest BCUT2D eigenvalue weighted by atomic mass is 35.5. The summed E-state index contributed by atoms with van der Waals surface area (Å²) in [6, 6.07) is 6.09. The molecule has 1 amide bonds. The summed E-state index contributed by atoms with van der Waals surface area (Å²) < 4.78 is 1.64. The number of non-ortho nitro benzene ring substituents is 1. The van der Waals surface area contributed by atoms with E-state index in [1.54, 1.807) is 23.7 Å². The minimum absolute atomic E-state index is 0.0346. The van der Waals surface area contributed by atoms with Crippen molar-refractivity contribution in [1.29, 1.82) is 0 Å². The van der Waals surface area contributed by atoms with Crippen molar-refractivity contribution in [2.24, 2.45) is 5.92 Å². The lowest BCUT2D eigenvalue weighted by molar-refractivity contribution is -0.384. The third-order valence-electron chi connectivity index (χ3n) is 3.65. The van der Waals surface area contributed by atoms with Gasteiger partial charge < -0.3 is 10.6 Å². The van der Waals surface area contributed by atoms with Crippen LogP contribution in [0.3, 0.4) is 0 Å². The van der Waals surface area contributed by atoms with Crippen molar-refractivity contribution in [3.8, 4) is 0 Å². The second kappa shape index (κ2) is 8.66. The zero-order valence-electron chi connectivity index (χ0n) is 15.0. The summed E-state index contributed by atoms with van der Waals surface area (Å²) in [4.78, 5) is 22.5. The molecule has 9 heteroatoms. The molecule has 0 unspecified atom stereocenters. The van der Waals surface area contributed by atoms with Crippen molar-refractivity contribution in [2.45, 2.75) is 27.3 Å². The van der Waals surface area contributed by atoms with Crippen LogP contribution in [-0.4, -0.2) is 33.7 Å². The standard InChI is InChI=1S/C17H22ClN5O3/c1-11(2)10-22-16(18)15(12(3)21-22)17(24)20-9-8-19-13-4-6-14(7-5-13)23(25)26/h4-7,11,19H,8-10H2,1-3H3,(H,20,24). The lowest BCUT2D eigenvalue weighted by Crippen LogP contribution is -2.29. The highest BCUT2D eigenvalue weighted by molar-refractivity contribution is 6.33. The number of carbonyl (C=O) groups excluding carboxylic acids is 1. The summed E-state index contributed by atoms with van der Waals surface area (Å²) >= 11 is 6.29. The van der Waals surface area contributed by atoms with Crippen molar-refractivity contribution in [2.75, 3.05) is 18.4 Å². The Morgan fingerprint density at radius 3 is 2.54 bits per heavy atom. The highest BCUT2D eigenvalue weighted by Crippen LogP contribution is 2.20. The fourth-order valence-corrected chi connectivity index (χ4v) is 2.78. The number of rotatable bonds is 8. The van der Waals surface area contributed by atoms with Gasteiger partial charge in [-0.3, -0.25) is 19.6 Å². The van der Waals surface area contributed by atoms with Gasteiger partial charge in [-0.25, -0.2) is 0 Å². The van der Waals surface area contributed by atoms with Crippen molar-refractivity contribution in [1.82, 2.24) is 15.1 Å². The van der Waals surface area contributed by atoms with E-state index in [4.69, 9.17) is 11.6 Å². The van der Waals surface area contributed by atoms with E-state index in [9.17, 15) is 14.9 Å². The molecule has 0 atom stereocenters. The molecular weight excluding hydrogens is 358 g/mol. The Labute approximate surface area is 156 Å². The Bertz CT molecular complexity index is 786. The molecule has 8 nitrogen and oxygen atoms in total. The number of nitro groups is 1. The van der Waals surface area contributed by atoms with Gasteiger partial charge in [-0.2, -0.15) is 5.10 Å². The second-order valence-electron chi connectivity index (χ2n) is 6.31. The van der Waals surface area contributed by atoms with Gasteiger partial charge in [0.15, 0.2) is 0 Å². The van der Waals surface area contributed by atoms with Crippen LogP contribution in [-0.2, 0) is 6.54 Å². The van der Waals surface area contributed by atoms with E-state index in [-0.39, 0.29) is 11.6 Å². The number of hydrogen-bond donors (Lipinski definition) is 2. The molecule has 2 aromatic rings. The molecule has 1 aromatic carbocycles. The third kappa shape index (κ3) is 4.95. The van der Waals surface area contributed by atoms with E-state index in [1.807, 2.05) is 0 Å². The van der Waals surface area contributed by atoms with Gasteiger partial charge in [0.2, 0.25) is 0 Å². The number of nitrogens with zero attached hydrogens (tertiary/aromatic N) is 3. The Hall–Kier alpha value is -2.61. The molecule has 0 aliphatic carbocycles. The van der Waals surface area contributed by atoms with Crippen molar-refractivity contribution in [3.63, 3.8) is 0 Å². The van der Waals surface area contributed by atoms with Gasteiger partial charge in [-0.15, -0.1) is 0 Å². The van der Waals surface area contributed by atoms with E-state index in [1.165, 1.54) is 12.1 Å². The number of amides is 1. The SMILES string of the molecule is Cc1nn(CC(C)C)c(Cl)c1C(=O)NCCNc1ccc([N+](=O)[O-])cc1. The number of aromatic nitrogens is 2. The Balaban J connectivity index is 1.87. The van der Waals surface area contributed by atoms with Gasteiger partial charge >= 0.3 is 0 Å². The zero-order chi connectivity index (χ0) is 19.3. The number of aryl methyl sites for hydroxylation is 1. The first kappa shape index (κ1) is 19.7. The van der Waals surface area contributed by atoms with Gasteiger partial charge in [-0.05, 0) is 25.0 Å². The summed E-state index contributed by atoms with van der Waals surface area (Å²) in [6.45, 7) is 7.36. The van der Waals surface area contributed by atoms with Crippen LogP contribution in [0.5, 0.6) is 0 Å². The van der Waals surface area contributed by atoms with E-state index in [0.717, 1.165) is 5.69 Å². The summed E-state index contributed by atoms with van der Waals surface area (Å²) in [5, 5.41) is 21.2. The average Bonchev–Trinajstić information content (AvgIpc) is 2.85. The van der Waals surface area contributed by atoms with Crippen LogP contribution in [0.25, 0.3) is 0 Å². The maximum absolute atomic E-state index is 12.4. The zero-order valence-corrected chi connectivity index (χ0v) is 15.7. The van der Waals surface area contributed by atoms with E-state index >= 15 is 0 Å². The molecule has 0 saturated heterocycles. The lowest BCUT2D eigenvalue weighted by Gasteiger charge is -2.08. The van der Waals surface area contributed by atoms with Crippen LogP contribution in [0.2, 0.25) is 5.15 Å². The number of halogens is 1. The second-order valence-corrected chi connectivity index (χ2v) is 6.67. The van der Waals surface area contributed by atoms with Crippen LogP contribution in [0.15, 0.2) is 24.3 Å². The molecule has 0 aliphatic rings. The molecule has 26 heavy (non-hydrogen) atoms. The predicted octanol–water partition coefficient (Wildman–Crippen LogP) is 3.25. The van der Waals surface area contributed by atoms with Gasteiger partial charge in [0.1, 0.15) is 5.15 Å². The topological polar surface area (TPSA) is 102 Å². The maximum Gasteiger partial charge on any atom is 0.269 e. The summed E-state index contributed by atoms with van der Waals surface area (Å²) in [7, 11) is 0. The summed E-state index contributed by atoms with van der Waals surface area (Å²) in [5.74, 6) is 0.0987. The maximum atomic E-state index is 12.4. The normalized spacial score (nSPS) is 10.8. The molecular formula is C17H22ClN5O3. The van der Waals surface area contributed by atoms with Crippen LogP contribution < -0.4 is 10.6 Å². The molecule has 0 aliphatic heterocycles. The summed E-state index contributed by atoms with van der Waals surface area (Å²) in [6.07, 6.45) is 0. The van der Waals surface area contributed by atoms with Gasteiger partial charge in [-0.1, -0.05) is 25.4 Å². The van der Waals surface area contributed by atoms with Crippen molar-refractivity contribution >= 4 is 28.9 Å². The Morgan fingerprint density at radius 1 is 1.31 bits per heavy atom. The number of hydrogen-bond acceptors (Lipinski definition) is 5. The van der Waals surface area contributed by atoms with E-state index < -0.39 is 4.92 Å². The predicted molar refractivity (Wildman–Crippen MR) is 101 cm³/mol. The van der Waals surface area contributed by atoms with Crippen LogP contribution in [0.4, 0.5) is 11.4 Å².